The van der Waals surface area contributed by atoms with E-state index in [0.717, 1.165) is 17.1 Å². The summed E-state index contributed by atoms with van der Waals surface area (Å²) in [4.78, 5) is 2.37. The van der Waals surface area contributed by atoms with Crippen LogP contribution in [0.25, 0.3) is 66.1 Å². The molecule has 0 aromatic heterocycles. The van der Waals surface area contributed by atoms with Gasteiger partial charge in [-0.25, -0.2) is 0 Å². The molecular formula is C58H41N. The Hall–Kier alpha value is -7.48. The minimum atomic E-state index is -0.240. The highest BCUT2D eigenvalue weighted by Crippen LogP contribution is 2.52. The Labute approximate surface area is 346 Å². The van der Waals surface area contributed by atoms with Crippen LogP contribution in [0.1, 0.15) is 23.6 Å². The van der Waals surface area contributed by atoms with Gasteiger partial charge in [-0.1, -0.05) is 188 Å². The summed E-state index contributed by atoms with van der Waals surface area (Å²) >= 11 is 0. The average Bonchev–Trinajstić information content (AvgIpc) is 3.58. The Balaban J connectivity index is 0.976. The van der Waals surface area contributed by atoms with E-state index in [-0.39, 0.29) is 5.41 Å². The molecule has 0 atom stereocenters. The summed E-state index contributed by atoms with van der Waals surface area (Å²) in [6, 6.07) is 84.4. The molecule has 10 aromatic rings. The van der Waals surface area contributed by atoms with Crippen LogP contribution in [0.2, 0.25) is 0 Å². The fourth-order valence-corrected chi connectivity index (χ4v) is 9.56. The number of anilines is 3. The summed E-state index contributed by atoms with van der Waals surface area (Å²) in [6.45, 7) is 2.38. The van der Waals surface area contributed by atoms with Crippen molar-refractivity contribution < 1.29 is 0 Å². The Morgan fingerprint density at radius 2 is 0.695 bits per heavy atom. The second-order valence-electron chi connectivity index (χ2n) is 15.8. The first-order valence-corrected chi connectivity index (χ1v) is 20.5. The van der Waals surface area contributed by atoms with E-state index in [1.807, 2.05) is 0 Å². The normalized spacial score (nSPS) is 12.6. The zero-order valence-corrected chi connectivity index (χ0v) is 32.9. The van der Waals surface area contributed by atoms with Gasteiger partial charge in [-0.05, 0) is 132 Å². The maximum atomic E-state index is 2.39. The van der Waals surface area contributed by atoms with Crippen molar-refractivity contribution in [3.8, 4) is 44.5 Å². The average molecular weight is 752 g/mol. The van der Waals surface area contributed by atoms with Gasteiger partial charge in [-0.2, -0.15) is 0 Å². The fourth-order valence-electron chi connectivity index (χ4n) is 9.56. The van der Waals surface area contributed by atoms with Crippen molar-refractivity contribution in [3.05, 3.63) is 247 Å². The third-order valence-corrected chi connectivity index (χ3v) is 12.6. The molecule has 59 heavy (non-hydrogen) atoms. The summed E-state index contributed by atoms with van der Waals surface area (Å²) in [7, 11) is 0. The van der Waals surface area contributed by atoms with Gasteiger partial charge in [0.25, 0.3) is 0 Å². The minimum Gasteiger partial charge on any atom is -0.311 e. The van der Waals surface area contributed by atoms with Gasteiger partial charge in [0.1, 0.15) is 0 Å². The molecule has 0 saturated heterocycles. The molecule has 0 unspecified atom stereocenters. The smallest absolute Gasteiger partial charge is 0.0462 e. The summed E-state index contributed by atoms with van der Waals surface area (Å²) in [5.74, 6) is 0. The van der Waals surface area contributed by atoms with Gasteiger partial charge in [-0.3, -0.25) is 0 Å². The Morgan fingerprint density at radius 3 is 1.20 bits per heavy atom. The quantitative estimate of drug-likeness (QED) is 0.157. The van der Waals surface area contributed by atoms with Gasteiger partial charge in [0.05, 0.1) is 0 Å². The van der Waals surface area contributed by atoms with Crippen LogP contribution < -0.4 is 4.90 Å². The van der Waals surface area contributed by atoms with Crippen molar-refractivity contribution in [2.75, 3.05) is 4.90 Å². The second-order valence-corrected chi connectivity index (χ2v) is 15.8. The lowest BCUT2D eigenvalue weighted by Crippen LogP contribution is -2.22. The number of benzene rings is 10. The van der Waals surface area contributed by atoms with Crippen molar-refractivity contribution in [2.45, 2.75) is 12.3 Å². The molecule has 1 heteroatoms. The zero-order chi connectivity index (χ0) is 39.3. The SMILES string of the molecule is CC1(c2cccc(-c3ccc(N(c4ccc(-c5cccc6ccccc56)cc4)c4ccc(-c5cccc6ccccc56)cc4)cc3)c2)c2ccccc2-c2ccccc21. The van der Waals surface area contributed by atoms with Gasteiger partial charge < -0.3 is 4.90 Å². The molecule has 11 rings (SSSR count). The summed E-state index contributed by atoms with van der Waals surface area (Å²) < 4.78 is 0. The van der Waals surface area contributed by atoms with Crippen LogP contribution in [0.15, 0.2) is 231 Å². The molecular weight excluding hydrogens is 711 g/mol. The summed E-state index contributed by atoms with van der Waals surface area (Å²) in [5, 5.41) is 5.02. The summed E-state index contributed by atoms with van der Waals surface area (Å²) in [5.41, 5.74) is 17.0. The first-order valence-electron chi connectivity index (χ1n) is 20.5. The molecule has 0 amide bonds. The molecule has 1 aliphatic rings. The number of nitrogens with zero attached hydrogens (tertiary/aromatic N) is 1. The molecule has 0 N–H and O–H groups in total. The van der Waals surface area contributed by atoms with Crippen LogP contribution in [0, 0.1) is 0 Å². The van der Waals surface area contributed by atoms with Crippen molar-refractivity contribution in [3.63, 3.8) is 0 Å². The van der Waals surface area contributed by atoms with E-state index >= 15 is 0 Å². The van der Waals surface area contributed by atoms with Crippen LogP contribution >= 0.6 is 0 Å². The minimum absolute atomic E-state index is 0.240. The summed E-state index contributed by atoms with van der Waals surface area (Å²) in [6.07, 6.45) is 0. The van der Waals surface area contributed by atoms with Crippen LogP contribution in [0.3, 0.4) is 0 Å². The maximum absolute atomic E-state index is 2.39. The van der Waals surface area contributed by atoms with E-state index in [2.05, 4.69) is 242 Å². The Bertz CT molecular complexity index is 2980. The molecule has 0 spiro atoms. The molecule has 1 aliphatic carbocycles. The lowest BCUT2D eigenvalue weighted by Gasteiger charge is -2.29. The van der Waals surface area contributed by atoms with Gasteiger partial charge in [-0.15, -0.1) is 0 Å². The Kier molecular flexibility index (Phi) is 8.34. The predicted octanol–water partition coefficient (Wildman–Crippen LogP) is 15.8. The third kappa shape index (κ3) is 5.86. The third-order valence-electron chi connectivity index (χ3n) is 12.6. The molecule has 0 saturated carbocycles. The molecule has 1 nitrogen and oxygen atoms in total. The molecule has 0 bridgehead atoms. The molecule has 0 aliphatic heterocycles. The number of fused-ring (bicyclic) bond motifs is 5. The monoisotopic (exact) mass is 751 g/mol. The fraction of sp³-hybridized carbons (Fsp3) is 0.0345. The van der Waals surface area contributed by atoms with Crippen molar-refractivity contribution in [2.24, 2.45) is 0 Å². The molecule has 0 heterocycles. The van der Waals surface area contributed by atoms with Crippen LogP contribution in [0.4, 0.5) is 17.1 Å². The lowest BCUT2D eigenvalue weighted by molar-refractivity contribution is 0.714. The standard InChI is InChI=1S/C58H41N/c1-58(56-25-8-6-21-54(56)55-22-7-9-26-57(55)58)46-18-10-17-45(39-46)40-27-33-47(34-28-40)59(48-35-29-43(30-36-48)52-23-11-15-41-13-2-4-19-50(41)52)49-37-31-44(32-38-49)53-24-12-16-42-14-3-5-20-51(42)53/h2-39H,1H3. The van der Waals surface area contributed by atoms with Gasteiger partial charge >= 0.3 is 0 Å². The van der Waals surface area contributed by atoms with E-state index in [4.69, 9.17) is 0 Å². The van der Waals surface area contributed by atoms with Gasteiger partial charge in [0, 0.05) is 22.5 Å². The van der Waals surface area contributed by atoms with Gasteiger partial charge in [0.2, 0.25) is 0 Å². The molecule has 10 aromatic carbocycles. The zero-order valence-electron chi connectivity index (χ0n) is 32.9. The van der Waals surface area contributed by atoms with E-state index < -0.39 is 0 Å². The highest BCUT2D eigenvalue weighted by Gasteiger charge is 2.40. The first-order chi connectivity index (χ1) is 29.1. The second kappa shape index (κ2) is 14.2. The van der Waals surface area contributed by atoms with Crippen LogP contribution in [-0.2, 0) is 5.41 Å². The number of rotatable bonds is 7. The number of hydrogen-bond acceptors (Lipinski definition) is 1. The lowest BCUT2D eigenvalue weighted by atomic mass is 9.74. The van der Waals surface area contributed by atoms with E-state index in [9.17, 15) is 0 Å². The number of hydrogen-bond donors (Lipinski definition) is 0. The highest BCUT2D eigenvalue weighted by atomic mass is 15.1. The first kappa shape index (κ1) is 34.7. The molecule has 0 radical (unpaired) electrons. The van der Waals surface area contributed by atoms with E-state index in [1.165, 1.54) is 82.7 Å². The van der Waals surface area contributed by atoms with Crippen molar-refractivity contribution in [1.29, 1.82) is 0 Å². The maximum Gasteiger partial charge on any atom is 0.0462 e. The predicted molar refractivity (Wildman–Crippen MR) is 250 cm³/mol. The Morgan fingerprint density at radius 1 is 0.305 bits per heavy atom. The van der Waals surface area contributed by atoms with E-state index in [1.54, 1.807) is 0 Å². The van der Waals surface area contributed by atoms with Crippen LogP contribution in [0.5, 0.6) is 0 Å². The highest BCUT2D eigenvalue weighted by molar-refractivity contribution is 5.98. The largest absolute Gasteiger partial charge is 0.311 e. The van der Waals surface area contributed by atoms with Gasteiger partial charge in [0.15, 0.2) is 0 Å². The van der Waals surface area contributed by atoms with Crippen LogP contribution in [-0.4, -0.2) is 0 Å². The molecule has 0 fully saturated rings. The molecule has 278 valence electrons. The van der Waals surface area contributed by atoms with Crippen molar-refractivity contribution >= 4 is 38.6 Å². The van der Waals surface area contributed by atoms with Crippen molar-refractivity contribution in [1.82, 2.24) is 0 Å². The van der Waals surface area contributed by atoms with E-state index in [0.29, 0.717) is 0 Å². The topological polar surface area (TPSA) is 3.24 Å².